The van der Waals surface area contributed by atoms with Gasteiger partial charge >= 0.3 is 0 Å². The van der Waals surface area contributed by atoms with Gasteiger partial charge in [0, 0.05) is 11.3 Å². The Morgan fingerprint density at radius 1 is 1.33 bits per heavy atom. The summed E-state index contributed by atoms with van der Waals surface area (Å²) < 4.78 is 0. The fourth-order valence-corrected chi connectivity index (χ4v) is 1.93. The van der Waals surface area contributed by atoms with Crippen molar-refractivity contribution in [3.8, 4) is 0 Å². The van der Waals surface area contributed by atoms with Crippen LogP contribution in [0, 0.1) is 5.92 Å². The average molecular weight is 243 g/mol. The van der Waals surface area contributed by atoms with E-state index in [0.29, 0.717) is 5.92 Å². The van der Waals surface area contributed by atoms with Crippen LogP contribution in [0.5, 0.6) is 0 Å². The zero-order chi connectivity index (χ0) is 13.5. The summed E-state index contributed by atoms with van der Waals surface area (Å²) in [7, 11) is 0. The first kappa shape index (κ1) is 14.6. The van der Waals surface area contributed by atoms with E-state index in [1.54, 1.807) is 0 Å². The lowest BCUT2D eigenvalue weighted by molar-refractivity contribution is 0.647. The minimum absolute atomic E-state index is 0.649. The van der Waals surface area contributed by atoms with Crippen LogP contribution in [0.2, 0.25) is 0 Å². The molecular weight excluding hydrogens is 218 g/mol. The van der Waals surface area contributed by atoms with Gasteiger partial charge in [0.1, 0.15) is 0 Å². The predicted octanol–water partition coefficient (Wildman–Crippen LogP) is 4.84. The van der Waals surface area contributed by atoms with Gasteiger partial charge in [0.25, 0.3) is 0 Å². The Labute approximate surface area is 111 Å². The summed E-state index contributed by atoms with van der Waals surface area (Å²) in [6, 6.07) is 6.20. The van der Waals surface area contributed by atoms with Gasteiger partial charge in [-0.2, -0.15) is 0 Å². The maximum Gasteiger partial charge on any atom is 0.0390 e. The Hall–Kier alpha value is -1.50. The maximum atomic E-state index is 6.08. The van der Waals surface area contributed by atoms with Crippen LogP contribution in [0.4, 0.5) is 5.69 Å². The molecule has 0 heterocycles. The number of rotatable bonds is 5. The molecule has 0 bridgehead atoms. The lowest BCUT2D eigenvalue weighted by Gasteiger charge is -2.11. The number of benzene rings is 1. The van der Waals surface area contributed by atoms with Gasteiger partial charge in [0.05, 0.1) is 0 Å². The zero-order valence-corrected chi connectivity index (χ0v) is 12.0. The van der Waals surface area contributed by atoms with Crippen molar-refractivity contribution in [3.05, 3.63) is 47.1 Å². The van der Waals surface area contributed by atoms with Crippen molar-refractivity contribution >= 4 is 11.8 Å². The minimum atomic E-state index is 0.649. The molecule has 0 aromatic heterocycles. The van der Waals surface area contributed by atoms with Crippen LogP contribution < -0.4 is 5.73 Å². The van der Waals surface area contributed by atoms with Crippen molar-refractivity contribution < 1.29 is 0 Å². The van der Waals surface area contributed by atoms with Crippen LogP contribution in [0.25, 0.3) is 6.08 Å². The van der Waals surface area contributed by atoms with Crippen molar-refractivity contribution in [1.82, 2.24) is 0 Å². The van der Waals surface area contributed by atoms with Gasteiger partial charge in [-0.1, -0.05) is 49.8 Å². The molecule has 0 fully saturated rings. The molecule has 1 aromatic carbocycles. The summed E-state index contributed by atoms with van der Waals surface area (Å²) in [5.41, 5.74) is 10.9. The summed E-state index contributed by atoms with van der Waals surface area (Å²) >= 11 is 0. The second-order valence-electron chi connectivity index (χ2n) is 5.26. The summed E-state index contributed by atoms with van der Waals surface area (Å²) in [6.07, 6.45) is 8.58. The molecular formula is C17H25N. The topological polar surface area (TPSA) is 26.0 Å². The van der Waals surface area contributed by atoms with Crippen LogP contribution in [0.1, 0.15) is 45.2 Å². The molecule has 98 valence electrons. The lowest BCUT2D eigenvalue weighted by atomic mass is 9.96. The quantitative estimate of drug-likeness (QED) is 0.581. The molecule has 1 nitrogen and oxygen atoms in total. The molecule has 0 spiro atoms. The van der Waals surface area contributed by atoms with E-state index in [0.717, 1.165) is 18.5 Å². The van der Waals surface area contributed by atoms with Gasteiger partial charge in [0.15, 0.2) is 0 Å². The smallest absolute Gasteiger partial charge is 0.0390 e. The molecule has 0 saturated heterocycles. The molecule has 1 rings (SSSR count). The molecule has 18 heavy (non-hydrogen) atoms. The van der Waals surface area contributed by atoms with Crippen LogP contribution in [0.15, 0.2) is 35.9 Å². The highest BCUT2D eigenvalue weighted by Gasteiger charge is 2.05. The van der Waals surface area contributed by atoms with Gasteiger partial charge in [0.2, 0.25) is 0 Å². The van der Waals surface area contributed by atoms with E-state index in [1.807, 2.05) is 12.1 Å². The van der Waals surface area contributed by atoms with Crippen LogP contribution >= 0.6 is 0 Å². The maximum absolute atomic E-state index is 6.08. The number of allylic oxidation sites excluding steroid dienone is 3. The fourth-order valence-electron chi connectivity index (χ4n) is 1.93. The largest absolute Gasteiger partial charge is 0.398 e. The Bertz CT molecular complexity index is 439. The second-order valence-corrected chi connectivity index (χ2v) is 5.26. The zero-order valence-electron chi connectivity index (χ0n) is 12.0. The average Bonchev–Trinajstić information content (AvgIpc) is 2.31. The molecule has 0 saturated carbocycles. The van der Waals surface area contributed by atoms with Crippen molar-refractivity contribution in [3.63, 3.8) is 0 Å². The Balaban J connectivity index is 2.92. The summed E-state index contributed by atoms with van der Waals surface area (Å²) in [4.78, 5) is 0. The second kappa shape index (κ2) is 7.05. The monoisotopic (exact) mass is 243 g/mol. The van der Waals surface area contributed by atoms with E-state index >= 15 is 0 Å². The number of hydrogen-bond donors (Lipinski definition) is 1. The van der Waals surface area contributed by atoms with Gasteiger partial charge < -0.3 is 5.73 Å². The van der Waals surface area contributed by atoms with Gasteiger partial charge in [-0.3, -0.25) is 0 Å². The molecule has 0 amide bonds. The highest BCUT2D eigenvalue weighted by atomic mass is 14.6. The van der Waals surface area contributed by atoms with Crippen molar-refractivity contribution in [2.75, 3.05) is 5.73 Å². The third-order valence-electron chi connectivity index (χ3n) is 3.08. The van der Waals surface area contributed by atoms with E-state index in [9.17, 15) is 0 Å². The molecule has 2 N–H and O–H groups in total. The fraction of sp³-hybridized carbons (Fsp3) is 0.412. The van der Waals surface area contributed by atoms with Crippen LogP contribution in [-0.4, -0.2) is 0 Å². The summed E-state index contributed by atoms with van der Waals surface area (Å²) in [6.45, 7) is 8.69. The Kier molecular flexibility index (Phi) is 5.70. The van der Waals surface area contributed by atoms with Crippen molar-refractivity contribution in [1.29, 1.82) is 0 Å². The van der Waals surface area contributed by atoms with Crippen LogP contribution in [0.3, 0.4) is 0 Å². The molecule has 0 unspecified atom stereocenters. The number of nitrogen functional groups attached to an aromatic ring is 1. The van der Waals surface area contributed by atoms with E-state index < -0.39 is 0 Å². The first-order valence-corrected chi connectivity index (χ1v) is 6.70. The third-order valence-corrected chi connectivity index (χ3v) is 3.08. The first-order valence-electron chi connectivity index (χ1n) is 6.70. The summed E-state index contributed by atoms with van der Waals surface area (Å²) in [5.74, 6) is 0.649. The normalized spacial score (nSPS) is 12.6. The van der Waals surface area contributed by atoms with E-state index in [-0.39, 0.29) is 0 Å². The van der Waals surface area contributed by atoms with Crippen molar-refractivity contribution in [2.24, 2.45) is 5.92 Å². The minimum Gasteiger partial charge on any atom is -0.398 e. The molecule has 1 heteroatoms. The molecule has 0 aliphatic heterocycles. The van der Waals surface area contributed by atoms with Gasteiger partial charge in [-0.15, -0.1) is 0 Å². The SMILES string of the molecule is C/C=C(\C)C/C=C\c1c(N)cccc1CC(C)C. The van der Waals surface area contributed by atoms with Crippen molar-refractivity contribution in [2.45, 2.75) is 40.5 Å². The molecule has 0 atom stereocenters. The third kappa shape index (κ3) is 4.40. The summed E-state index contributed by atoms with van der Waals surface area (Å²) in [5, 5.41) is 0. The Morgan fingerprint density at radius 2 is 2.06 bits per heavy atom. The van der Waals surface area contributed by atoms with Gasteiger partial charge in [-0.05, 0) is 44.2 Å². The highest BCUT2D eigenvalue weighted by molar-refractivity contribution is 5.67. The number of anilines is 1. The predicted molar refractivity (Wildman–Crippen MR) is 82.5 cm³/mol. The number of hydrogen-bond acceptors (Lipinski definition) is 1. The molecule has 0 aliphatic carbocycles. The van der Waals surface area contributed by atoms with E-state index in [1.165, 1.54) is 16.7 Å². The van der Waals surface area contributed by atoms with E-state index in [4.69, 9.17) is 5.73 Å². The number of nitrogens with two attached hydrogens (primary N) is 1. The van der Waals surface area contributed by atoms with E-state index in [2.05, 4.69) is 52.0 Å². The molecule has 1 aromatic rings. The van der Waals surface area contributed by atoms with Gasteiger partial charge in [-0.25, -0.2) is 0 Å². The lowest BCUT2D eigenvalue weighted by Crippen LogP contribution is -2.00. The molecule has 0 radical (unpaired) electrons. The Morgan fingerprint density at radius 3 is 2.67 bits per heavy atom. The van der Waals surface area contributed by atoms with Crippen LogP contribution in [-0.2, 0) is 6.42 Å². The highest BCUT2D eigenvalue weighted by Crippen LogP contribution is 2.22. The molecule has 0 aliphatic rings. The standard InChI is InChI=1S/C17H25N/c1-5-14(4)8-6-10-16-15(12-13(2)3)9-7-11-17(16)18/h5-7,9-11,13H,8,12,18H2,1-4H3/b10-6-,14-5+. The first-order chi connectivity index (χ1) is 8.54.